The summed E-state index contributed by atoms with van der Waals surface area (Å²) in [5, 5.41) is 10.3. The summed E-state index contributed by atoms with van der Waals surface area (Å²) >= 11 is 0. The summed E-state index contributed by atoms with van der Waals surface area (Å²) in [5.41, 5.74) is 2.31. The van der Waals surface area contributed by atoms with Gasteiger partial charge in [0.15, 0.2) is 0 Å². The fourth-order valence-electron chi connectivity index (χ4n) is 2.32. The van der Waals surface area contributed by atoms with Crippen LogP contribution in [-0.4, -0.2) is 28.8 Å². The summed E-state index contributed by atoms with van der Waals surface area (Å²) in [4.78, 5) is 11.7. The van der Waals surface area contributed by atoms with Gasteiger partial charge in [-0.1, -0.05) is 24.3 Å². The fourth-order valence-corrected chi connectivity index (χ4v) is 2.32. The Bertz CT molecular complexity index is 594. The molecule has 2 aromatic rings. The van der Waals surface area contributed by atoms with Gasteiger partial charge in [0.2, 0.25) is 5.91 Å². The maximum atomic E-state index is 11.7. The Kier molecular flexibility index (Phi) is 6.62. The van der Waals surface area contributed by atoms with Crippen molar-refractivity contribution < 1.29 is 4.79 Å². The van der Waals surface area contributed by atoms with E-state index in [9.17, 15) is 4.79 Å². The minimum Gasteiger partial charge on any atom is -0.351 e. The zero-order valence-corrected chi connectivity index (χ0v) is 13.9. The molecule has 1 aliphatic rings. The third kappa shape index (κ3) is 6.04. The first-order valence-electron chi connectivity index (χ1n) is 7.82. The van der Waals surface area contributed by atoms with Gasteiger partial charge in [-0.3, -0.25) is 9.48 Å². The van der Waals surface area contributed by atoms with E-state index in [1.807, 2.05) is 16.9 Å². The molecule has 1 aliphatic carbocycles. The van der Waals surface area contributed by atoms with E-state index >= 15 is 0 Å². The molecule has 1 heterocycles. The van der Waals surface area contributed by atoms with Crippen LogP contribution in [0.15, 0.2) is 42.7 Å². The molecule has 1 amide bonds. The summed E-state index contributed by atoms with van der Waals surface area (Å²) in [6.45, 7) is 2.72. The van der Waals surface area contributed by atoms with Crippen LogP contribution >= 0.6 is 12.4 Å². The molecule has 1 aromatic carbocycles. The Morgan fingerprint density at radius 1 is 1.22 bits per heavy atom. The van der Waals surface area contributed by atoms with Gasteiger partial charge in [-0.2, -0.15) is 5.10 Å². The summed E-state index contributed by atoms with van der Waals surface area (Å²) in [5.74, 6) is 0.858. The molecule has 3 rings (SSSR count). The van der Waals surface area contributed by atoms with Crippen LogP contribution in [0, 0.1) is 5.92 Å². The molecule has 6 heteroatoms. The third-order valence-corrected chi connectivity index (χ3v) is 3.83. The second kappa shape index (κ2) is 8.70. The lowest BCUT2D eigenvalue weighted by atomic mass is 10.1. The van der Waals surface area contributed by atoms with E-state index in [-0.39, 0.29) is 18.3 Å². The number of nitrogens with one attached hydrogen (secondary N) is 2. The minimum absolute atomic E-state index is 0. The standard InChI is InChI=1S/C17H22N4O.ClH/c22-17(12-18-10-14-2-3-14)19-11-15-4-6-16(7-5-15)13-21-9-1-8-20-21;/h1,4-9,14,18H,2-3,10-13H2,(H,19,22);1H. The van der Waals surface area contributed by atoms with Crippen molar-refractivity contribution in [3.8, 4) is 0 Å². The Morgan fingerprint density at radius 3 is 2.61 bits per heavy atom. The van der Waals surface area contributed by atoms with Crippen molar-refractivity contribution in [1.82, 2.24) is 20.4 Å². The molecule has 0 radical (unpaired) electrons. The molecule has 1 aromatic heterocycles. The third-order valence-electron chi connectivity index (χ3n) is 3.83. The van der Waals surface area contributed by atoms with E-state index in [0.29, 0.717) is 13.1 Å². The molecule has 0 atom stereocenters. The number of carbonyl (C=O) groups is 1. The quantitative estimate of drug-likeness (QED) is 0.776. The number of nitrogens with zero attached hydrogens (tertiary/aromatic N) is 2. The van der Waals surface area contributed by atoms with Gasteiger partial charge in [0, 0.05) is 18.9 Å². The molecule has 2 N–H and O–H groups in total. The van der Waals surface area contributed by atoms with E-state index < -0.39 is 0 Å². The lowest BCUT2D eigenvalue weighted by molar-refractivity contribution is -0.120. The number of halogens is 1. The molecular formula is C17H23ClN4O. The van der Waals surface area contributed by atoms with Gasteiger partial charge in [-0.15, -0.1) is 12.4 Å². The van der Waals surface area contributed by atoms with Gasteiger partial charge >= 0.3 is 0 Å². The Morgan fingerprint density at radius 2 is 1.96 bits per heavy atom. The van der Waals surface area contributed by atoms with E-state index in [1.165, 1.54) is 18.4 Å². The number of aromatic nitrogens is 2. The SMILES string of the molecule is Cl.O=C(CNCC1CC1)NCc1ccc(Cn2cccn2)cc1. The van der Waals surface area contributed by atoms with Crippen LogP contribution in [0.3, 0.4) is 0 Å². The Labute approximate surface area is 142 Å². The Balaban J connectivity index is 0.00000192. The molecule has 5 nitrogen and oxygen atoms in total. The molecular weight excluding hydrogens is 312 g/mol. The average Bonchev–Trinajstić information content (AvgIpc) is 3.21. The van der Waals surface area contributed by atoms with Crippen molar-refractivity contribution in [3.63, 3.8) is 0 Å². The van der Waals surface area contributed by atoms with Gasteiger partial charge in [0.1, 0.15) is 0 Å². The van der Waals surface area contributed by atoms with Crippen LogP contribution < -0.4 is 10.6 Å². The van der Waals surface area contributed by atoms with Gasteiger partial charge in [-0.05, 0) is 42.5 Å². The molecule has 0 aliphatic heterocycles. The van der Waals surface area contributed by atoms with Crippen LogP contribution in [0.2, 0.25) is 0 Å². The predicted octanol–water partition coefficient (Wildman–Crippen LogP) is 1.97. The van der Waals surface area contributed by atoms with Crippen LogP contribution in [0.5, 0.6) is 0 Å². The van der Waals surface area contributed by atoms with Gasteiger partial charge < -0.3 is 10.6 Å². The minimum atomic E-state index is 0. The predicted molar refractivity (Wildman–Crippen MR) is 92.5 cm³/mol. The lowest BCUT2D eigenvalue weighted by Gasteiger charge is -2.08. The van der Waals surface area contributed by atoms with Crippen molar-refractivity contribution in [3.05, 3.63) is 53.9 Å². The number of benzene rings is 1. The number of carbonyl (C=O) groups excluding carboxylic acids is 1. The monoisotopic (exact) mass is 334 g/mol. The summed E-state index contributed by atoms with van der Waals surface area (Å²) in [6.07, 6.45) is 6.34. The molecule has 0 saturated heterocycles. The second-order valence-corrected chi connectivity index (χ2v) is 5.87. The van der Waals surface area contributed by atoms with E-state index in [2.05, 4.69) is 40.0 Å². The van der Waals surface area contributed by atoms with Gasteiger partial charge in [0.05, 0.1) is 13.1 Å². The van der Waals surface area contributed by atoms with Gasteiger partial charge in [0.25, 0.3) is 0 Å². The highest BCUT2D eigenvalue weighted by molar-refractivity contribution is 5.85. The van der Waals surface area contributed by atoms with Crippen molar-refractivity contribution in [1.29, 1.82) is 0 Å². The van der Waals surface area contributed by atoms with Gasteiger partial charge in [-0.25, -0.2) is 0 Å². The van der Waals surface area contributed by atoms with E-state index in [4.69, 9.17) is 0 Å². The van der Waals surface area contributed by atoms with E-state index in [1.54, 1.807) is 6.20 Å². The second-order valence-electron chi connectivity index (χ2n) is 5.87. The van der Waals surface area contributed by atoms with Crippen LogP contribution in [0.25, 0.3) is 0 Å². The number of hydrogen-bond acceptors (Lipinski definition) is 3. The highest BCUT2D eigenvalue weighted by Gasteiger charge is 2.20. The molecule has 1 saturated carbocycles. The molecule has 23 heavy (non-hydrogen) atoms. The largest absolute Gasteiger partial charge is 0.351 e. The van der Waals surface area contributed by atoms with Crippen LogP contribution in [0.4, 0.5) is 0 Å². The van der Waals surface area contributed by atoms with Crippen LogP contribution in [-0.2, 0) is 17.9 Å². The zero-order chi connectivity index (χ0) is 15.2. The van der Waals surface area contributed by atoms with Crippen molar-refractivity contribution in [2.75, 3.05) is 13.1 Å². The smallest absolute Gasteiger partial charge is 0.234 e. The zero-order valence-electron chi connectivity index (χ0n) is 13.1. The molecule has 1 fully saturated rings. The summed E-state index contributed by atoms with van der Waals surface area (Å²) < 4.78 is 1.89. The first-order chi connectivity index (χ1) is 10.8. The first kappa shape index (κ1) is 17.5. The number of amides is 1. The first-order valence-corrected chi connectivity index (χ1v) is 7.82. The highest BCUT2D eigenvalue weighted by atomic mass is 35.5. The maximum Gasteiger partial charge on any atom is 0.234 e. The number of hydrogen-bond donors (Lipinski definition) is 2. The number of rotatable bonds is 8. The topological polar surface area (TPSA) is 59.0 Å². The van der Waals surface area contributed by atoms with Crippen molar-refractivity contribution in [2.45, 2.75) is 25.9 Å². The Hall–Kier alpha value is -1.85. The molecule has 0 unspecified atom stereocenters. The fraction of sp³-hybridized carbons (Fsp3) is 0.412. The summed E-state index contributed by atoms with van der Waals surface area (Å²) in [7, 11) is 0. The van der Waals surface area contributed by atoms with Crippen LogP contribution in [0.1, 0.15) is 24.0 Å². The van der Waals surface area contributed by atoms with E-state index in [0.717, 1.165) is 24.6 Å². The molecule has 0 bridgehead atoms. The molecule has 124 valence electrons. The lowest BCUT2D eigenvalue weighted by Crippen LogP contribution is -2.34. The maximum absolute atomic E-state index is 11.7. The molecule has 0 spiro atoms. The average molecular weight is 335 g/mol. The van der Waals surface area contributed by atoms with Crippen molar-refractivity contribution >= 4 is 18.3 Å². The summed E-state index contributed by atoms with van der Waals surface area (Å²) in [6, 6.07) is 10.2. The highest BCUT2D eigenvalue weighted by Crippen LogP contribution is 2.27. The van der Waals surface area contributed by atoms with Crippen molar-refractivity contribution in [2.24, 2.45) is 5.92 Å². The normalized spacial score (nSPS) is 13.4.